The average molecular weight is 197 g/mol. The molecule has 1 fully saturated rings. The molecule has 1 amide bonds. The molecule has 0 aromatic carbocycles. The maximum absolute atomic E-state index is 11.6. The van der Waals surface area contributed by atoms with Gasteiger partial charge in [-0.15, -0.1) is 0 Å². The second-order valence-electron chi connectivity index (χ2n) is 4.05. The lowest BCUT2D eigenvalue weighted by Crippen LogP contribution is -2.32. The Kier molecular flexibility index (Phi) is 4.07. The van der Waals surface area contributed by atoms with Crippen LogP contribution in [0.1, 0.15) is 26.7 Å². The van der Waals surface area contributed by atoms with Gasteiger partial charge < -0.3 is 11.1 Å². The van der Waals surface area contributed by atoms with Crippen LogP contribution in [0.5, 0.6) is 0 Å². The Morgan fingerprint density at radius 1 is 1.43 bits per heavy atom. The molecule has 4 nitrogen and oxygen atoms in total. The lowest BCUT2D eigenvalue weighted by molar-refractivity contribution is -0.122. The molecule has 80 valence electrons. The summed E-state index contributed by atoms with van der Waals surface area (Å²) < 4.78 is 0. The van der Waals surface area contributed by atoms with Gasteiger partial charge in [0.1, 0.15) is 5.84 Å². The summed E-state index contributed by atoms with van der Waals surface area (Å²) in [5.74, 6) is 0.639. The molecule has 0 bridgehead atoms. The van der Waals surface area contributed by atoms with E-state index in [0.29, 0.717) is 5.84 Å². The van der Waals surface area contributed by atoms with Crippen molar-refractivity contribution in [2.45, 2.75) is 26.7 Å². The van der Waals surface area contributed by atoms with Crippen molar-refractivity contribution in [2.24, 2.45) is 22.6 Å². The van der Waals surface area contributed by atoms with Crippen LogP contribution in [0.2, 0.25) is 0 Å². The Morgan fingerprint density at radius 3 is 2.50 bits per heavy atom. The highest BCUT2D eigenvalue weighted by Crippen LogP contribution is 2.13. The lowest BCUT2D eigenvalue weighted by atomic mass is 9.97. The van der Waals surface area contributed by atoms with Gasteiger partial charge in [-0.3, -0.25) is 4.79 Å². The van der Waals surface area contributed by atoms with E-state index in [4.69, 9.17) is 5.73 Å². The second-order valence-corrected chi connectivity index (χ2v) is 4.05. The fraction of sp³-hybridized carbons (Fsp3) is 0.800. The van der Waals surface area contributed by atoms with Crippen molar-refractivity contribution in [3.8, 4) is 0 Å². The first-order valence-electron chi connectivity index (χ1n) is 5.20. The highest BCUT2D eigenvalue weighted by atomic mass is 16.1. The Morgan fingerprint density at radius 2 is 2.00 bits per heavy atom. The normalized spacial score (nSPS) is 20.1. The molecule has 4 heteroatoms. The van der Waals surface area contributed by atoms with Crippen molar-refractivity contribution >= 4 is 11.7 Å². The molecule has 0 unspecified atom stereocenters. The number of piperidine rings is 1. The first-order chi connectivity index (χ1) is 6.61. The third kappa shape index (κ3) is 3.10. The first kappa shape index (κ1) is 11.2. The summed E-state index contributed by atoms with van der Waals surface area (Å²) in [7, 11) is 0. The minimum absolute atomic E-state index is 0.0438. The molecule has 0 aromatic heterocycles. The minimum atomic E-state index is -0.0438. The summed E-state index contributed by atoms with van der Waals surface area (Å²) in [6.45, 7) is 5.70. The van der Waals surface area contributed by atoms with Crippen LogP contribution in [-0.4, -0.2) is 24.8 Å². The summed E-state index contributed by atoms with van der Waals surface area (Å²) in [5.41, 5.74) is 5.64. The predicted octanol–water partition coefficient (Wildman–Crippen LogP) is 0.526. The SMILES string of the molecule is CC(C)C(N)=NC(=O)C1CCNCC1. The molecule has 0 aliphatic carbocycles. The molecule has 3 N–H and O–H groups in total. The van der Waals surface area contributed by atoms with Crippen LogP contribution in [-0.2, 0) is 4.79 Å². The van der Waals surface area contributed by atoms with E-state index in [1.54, 1.807) is 0 Å². The largest absolute Gasteiger partial charge is 0.387 e. The number of hydrogen-bond acceptors (Lipinski definition) is 2. The van der Waals surface area contributed by atoms with Crippen molar-refractivity contribution in [1.82, 2.24) is 5.32 Å². The fourth-order valence-electron chi connectivity index (χ4n) is 1.42. The van der Waals surface area contributed by atoms with Crippen molar-refractivity contribution in [2.75, 3.05) is 13.1 Å². The van der Waals surface area contributed by atoms with E-state index in [9.17, 15) is 4.79 Å². The van der Waals surface area contributed by atoms with Gasteiger partial charge in [-0.25, -0.2) is 4.99 Å². The van der Waals surface area contributed by atoms with Gasteiger partial charge >= 0.3 is 0 Å². The van der Waals surface area contributed by atoms with Crippen molar-refractivity contribution in [1.29, 1.82) is 0 Å². The number of hydrogen-bond donors (Lipinski definition) is 2. The molecular formula is C10H19N3O. The minimum Gasteiger partial charge on any atom is -0.387 e. The molecule has 1 aliphatic rings. The zero-order valence-corrected chi connectivity index (χ0v) is 8.92. The van der Waals surface area contributed by atoms with Gasteiger partial charge in [0.05, 0.1) is 0 Å². The van der Waals surface area contributed by atoms with Gasteiger partial charge in [0.15, 0.2) is 0 Å². The fourth-order valence-corrected chi connectivity index (χ4v) is 1.42. The molecule has 0 saturated carbocycles. The number of amides is 1. The maximum Gasteiger partial charge on any atom is 0.250 e. The quantitative estimate of drug-likeness (QED) is 0.501. The number of nitrogens with one attached hydrogen (secondary N) is 1. The Balaban J connectivity index is 2.51. The number of amidine groups is 1. The summed E-state index contributed by atoms with van der Waals surface area (Å²) in [5, 5.41) is 3.21. The van der Waals surface area contributed by atoms with E-state index in [0.717, 1.165) is 25.9 Å². The van der Waals surface area contributed by atoms with E-state index in [-0.39, 0.29) is 17.7 Å². The smallest absolute Gasteiger partial charge is 0.250 e. The van der Waals surface area contributed by atoms with Crippen LogP contribution >= 0.6 is 0 Å². The molecule has 1 saturated heterocycles. The summed E-state index contributed by atoms with van der Waals surface area (Å²) in [4.78, 5) is 15.5. The molecular weight excluding hydrogens is 178 g/mol. The molecule has 0 atom stereocenters. The predicted molar refractivity (Wildman–Crippen MR) is 57.1 cm³/mol. The third-order valence-corrected chi connectivity index (χ3v) is 2.52. The van der Waals surface area contributed by atoms with Gasteiger partial charge in [-0.05, 0) is 25.9 Å². The van der Waals surface area contributed by atoms with Crippen LogP contribution in [0.4, 0.5) is 0 Å². The number of aliphatic imine (C=N–C) groups is 1. The first-order valence-corrected chi connectivity index (χ1v) is 5.20. The molecule has 1 heterocycles. The number of carbonyl (C=O) groups excluding carboxylic acids is 1. The topological polar surface area (TPSA) is 67.5 Å². The molecule has 1 rings (SSSR count). The lowest BCUT2D eigenvalue weighted by Gasteiger charge is -2.19. The number of rotatable bonds is 2. The van der Waals surface area contributed by atoms with Gasteiger partial charge in [-0.2, -0.15) is 0 Å². The monoisotopic (exact) mass is 197 g/mol. The van der Waals surface area contributed by atoms with Crippen LogP contribution in [0.3, 0.4) is 0 Å². The van der Waals surface area contributed by atoms with Gasteiger partial charge in [0, 0.05) is 11.8 Å². The Labute approximate surface area is 85.0 Å². The second kappa shape index (κ2) is 5.10. The van der Waals surface area contributed by atoms with E-state index < -0.39 is 0 Å². The Hall–Kier alpha value is -0.900. The van der Waals surface area contributed by atoms with E-state index in [2.05, 4.69) is 10.3 Å². The molecule has 0 aromatic rings. The van der Waals surface area contributed by atoms with E-state index >= 15 is 0 Å². The Bertz CT molecular complexity index is 230. The van der Waals surface area contributed by atoms with Crippen molar-refractivity contribution in [3.63, 3.8) is 0 Å². The van der Waals surface area contributed by atoms with E-state index in [1.807, 2.05) is 13.8 Å². The zero-order valence-electron chi connectivity index (χ0n) is 8.92. The number of nitrogens with zero attached hydrogens (tertiary/aromatic N) is 1. The summed E-state index contributed by atoms with van der Waals surface area (Å²) in [6, 6.07) is 0. The van der Waals surface area contributed by atoms with Crippen molar-refractivity contribution < 1.29 is 4.79 Å². The summed E-state index contributed by atoms with van der Waals surface area (Å²) >= 11 is 0. The van der Waals surface area contributed by atoms with E-state index in [1.165, 1.54) is 0 Å². The van der Waals surface area contributed by atoms with Crippen LogP contribution in [0.15, 0.2) is 4.99 Å². The third-order valence-electron chi connectivity index (χ3n) is 2.52. The van der Waals surface area contributed by atoms with Crippen LogP contribution in [0, 0.1) is 11.8 Å². The van der Waals surface area contributed by atoms with Gasteiger partial charge in [0.2, 0.25) is 0 Å². The highest BCUT2D eigenvalue weighted by Gasteiger charge is 2.20. The maximum atomic E-state index is 11.6. The van der Waals surface area contributed by atoms with Gasteiger partial charge in [-0.1, -0.05) is 13.8 Å². The summed E-state index contributed by atoms with van der Waals surface area (Å²) in [6.07, 6.45) is 1.77. The van der Waals surface area contributed by atoms with Crippen LogP contribution < -0.4 is 11.1 Å². The van der Waals surface area contributed by atoms with Crippen LogP contribution in [0.25, 0.3) is 0 Å². The average Bonchev–Trinajstić information content (AvgIpc) is 2.19. The molecule has 0 spiro atoms. The van der Waals surface area contributed by atoms with Crippen molar-refractivity contribution in [3.05, 3.63) is 0 Å². The van der Waals surface area contributed by atoms with Gasteiger partial charge in [0.25, 0.3) is 5.91 Å². The molecule has 0 radical (unpaired) electrons. The zero-order chi connectivity index (χ0) is 10.6. The standard InChI is InChI=1S/C10H19N3O/c1-7(2)9(11)13-10(14)8-3-5-12-6-4-8/h7-8,12H,3-6H2,1-2H3,(H2,11,13,14). The number of nitrogens with two attached hydrogens (primary N) is 1. The molecule has 1 aliphatic heterocycles. The highest BCUT2D eigenvalue weighted by molar-refractivity contribution is 5.95. The molecule has 14 heavy (non-hydrogen) atoms. The number of carbonyl (C=O) groups is 1.